The number of nitrogen functional groups attached to an aromatic ring is 1. The van der Waals surface area contributed by atoms with Gasteiger partial charge in [0, 0.05) is 6.54 Å². The summed E-state index contributed by atoms with van der Waals surface area (Å²) in [6.07, 6.45) is 5.47. The standard InChI is InChI=1S/C15H25N3O2/c1-4-11-6-8-12(9-7-11)20-15(19)14-13(16)10(3)17-18(14)5-2/h11-12H,4-9,16H2,1-3H3. The minimum absolute atomic E-state index is 0.0326. The molecule has 0 amide bonds. The van der Waals surface area contributed by atoms with Crippen LogP contribution in [0.15, 0.2) is 0 Å². The van der Waals surface area contributed by atoms with Crippen LogP contribution in [0.2, 0.25) is 0 Å². The predicted octanol–water partition coefficient (Wildman–Crippen LogP) is 2.92. The molecule has 2 rings (SSSR count). The van der Waals surface area contributed by atoms with Crippen molar-refractivity contribution in [1.82, 2.24) is 9.78 Å². The Bertz CT molecular complexity index is 474. The van der Waals surface area contributed by atoms with Crippen molar-refractivity contribution in [1.29, 1.82) is 0 Å². The lowest BCUT2D eigenvalue weighted by Crippen LogP contribution is -2.26. The zero-order chi connectivity index (χ0) is 14.7. The molecule has 1 saturated carbocycles. The number of hydrogen-bond acceptors (Lipinski definition) is 4. The summed E-state index contributed by atoms with van der Waals surface area (Å²) in [6.45, 7) is 6.59. The summed E-state index contributed by atoms with van der Waals surface area (Å²) in [7, 11) is 0. The Labute approximate surface area is 120 Å². The van der Waals surface area contributed by atoms with Crippen molar-refractivity contribution in [2.45, 2.75) is 65.5 Å². The van der Waals surface area contributed by atoms with Gasteiger partial charge in [-0.25, -0.2) is 4.79 Å². The number of nitrogens with two attached hydrogens (primary N) is 1. The average molecular weight is 279 g/mol. The molecule has 0 radical (unpaired) electrons. The van der Waals surface area contributed by atoms with Crippen LogP contribution < -0.4 is 5.73 Å². The van der Waals surface area contributed by atoms with Gasteiger partial charge in [0.2, 0.25) is 0 Å². The van der Waals surface area contributed by atoms with Gasteiger partial charge < -0.3 is 10.5 Å². The lowest BCUT2D eigenvalue weighted by molar-refractivity contribution is 0.0152. The normalized spacial score (nSPS) is 22.8. The second kappa shape index (κ2) is 6.29. The van der Waals surface area contributed by atoms with Crippen molar-refractivity contribution in [3.05, 3.63) is 11.4 Å². The summed E-state index contributed by atoms with van der Waals surface area (Å²) in [5.41, 5.74) is 7.48. The molecule has 0 atom stereocenters. The molecule has 1 aromatic rings. The fourth-order valence-electron chi connectivity index (χ4n) is 2.90. The fourth-order valence-corrected chi connectivity index (χ4v) is 2.90. The number of rotatable bonds is 4. The zero-order valence-corrected chi connectivity index (χ0v) is 12.7. The van der Waals surface area contributed by atoms with E-state index in [2.05, 4.69) is 12.0 Å². The van der Waals surface area contributed by atoms with Crippen molar-refractivity contribution < 1.29 is 9.53 Å². The summed E-state index contributed by atoms with van der Waals surface area (Å²) >= 11 is 0. The van der Waals surface area contributed by atoms with Crippen molar-refractivity contribution in [2.24, 2.45) is 5.92 Å². The topological polar surface area (TPSA) is 70.1 Å². The number of aromatic nitrogens is 2. The SMILES string of the molecule is CCC1CCC(OC(=O)c2c(N)c(C)nn2CC)CC1. The zero-order valence-electron chi connectivity index (χ0n) is 12.7. The highest BCUT2D eigenvalue weighted by Crippen LogP contribution is 2.29. The van der Waals surface area contributed by atoms with Gasteiger partial charge in [0.15, 0.2) is 5.69 Å². The maximum Gasteiger partial charge on any atom is 0.359 e. The molecule has 1 aliphatic rings. The van der Waals surface area contributed by atoms with Gasteiger partial charge in [0.1, 0.15) is 6.10 Å². The number of carbonyl (C=O) groups is 1. The monoisotopic (exact) mass is 279 g/mol. The molecule has 2 N–H and O–H groups in total. The molecule has 1 fully saturated rings. The largest absolute Gasteiger partial charge is 0.458 e. The quantitative estimate of drug-likeness (QED) is 0.860. The first kappa shape index (κ1) is 14.9. The van der Waals surface area contributed by atoms with Gasteiger partial charge in [-0.05, 0) is 45.4 Å². The first-order valence-corrected chi connectivity index (χ1v) is 7.60. The van der Waals surface area contributed by atoms with Gasteiger partial charge in [-0.2, -0.15) is 5.10 Å². The van der Waals surface area contributed by atoms with E-state index in [1.54, 1.807) is 4.68 Å². The number of nitrogens with zero attached hydrogens (tertiary/aromatic N) is 2. The Morgan fingerprint density at radius 2 is 2.00 bits per heavy atom. The molecule has 20 heavy (non-hydrogen) atoms. The number of aryl methyl sites for hydroxylation is 2. The van der Waals surface area contributed by atoms with E-state index in [0.717, 1.165) is 31.6 Å². The van der Waals surface area contributed by atoms with Crippen LogP contribution >= 0.6 is 0 Å². The van der Waals surface area contributed by atoms with Crippen molar-refractivity contribution in [3.8, 4) is 0 Å². The molecular formula is C15H25N3O2. The fraction of sp³-hybridized carbons (Fsp3) is 0.733. The third kappa shape index (κ3) is 2.97. The Balaban J connectivity index is 2.02. The smallest absolute Gasteiger partial charge is 0.359 e. The molecule has 1 aromatic heterocycles. The second-order valence-corrected chi connectivity index (χ2v) is 5.62. The summed E-state index contributed by atoms with van der Waals surface area (Å²) in [6, 6.07) is 0. The van der Waals surface area contributed by atoms with Gasteiger partial charge in [0.25, 0.3) is 0 Å². The van der Waals surface area contributed by atoms with Crippen molar-refractivity contribution >= 4 is 11.7 Å². The lowest BCUT2D eigenvalue weighted by Gasteiger charge is -2.27. The summed E-state index contributed by atoms with van der Waals surface area (Å²) in [5, 5.41) is 4.26. The molecule has 0 unspecified atom stereocenters. The predicted molar refractivity (Wildman–Crippen MR) is 78.5 cm³/mol. The highest BCUT2D eigenvalue weighted by Gasteiger charge is 2.26. The van der Waals surface area contributed by atoms with Crippen LogP contribution in [0.5, 0.6) is 0 Å². The van der Waals surface area contributed by atoms with Gasteiger partial charge in [-0.1, -0.05) is 13.3 Å². The number of carbonyl (C=O) groups excluding carboxylic acids is 1. The molecule has 0 bridgehead atoms. The van der Waals surface area contributed by atoms with Crippen LogP contribution in [-0.2, 0) is 11.3 Å². The van der Waals surface area contributed by atoms with Crippen molar-refractivity contribution in [3.63, 3.8) is 0 Å². The Morgan fingerprint density at radius 3 is 2.55 bits per heavy atom. The van der Waals surface area contributed by atoms with Gasteiger partial charge in [-0.3, -0.25) is 4.68 Å². The van der Waals surface area contributed by atoms with Crippen LogP contribution in [0.1, 0.15) is 62.1 Å². The summed E-state index contributed by atoms with van der Waals surface area (Å²) in [4.78, 5) is 12.3. The highest BCUT2D eigenvalue weighted by molar-refractivity contribution is 5.93. The van der Waals surface area contributed by atoms with E-state index < -0.39 is 0 Å². The Hall–Kier alpha value is -1.52. The lowest BCUT2D eigenvalue weighted by atomic mass is 9.86. The van der Waals surface area contributed by atoms with Crippen LogP contribution in [0.25, 0.3) is 0 Å². The second-order valence-electron chi connectivity index (χ2n) is 5.62. The van der Waals surface area contributed by atoms with E-state index in [-0.39, 0.29) is 12.1 Å². The molecule has 112 valence electrons. The van der Waals surface area contributed by atoms with E-state index in [0.29, 0.717) is 23.6 Å². The van der Waals surface area contributed by atoms with Crippen LogP contribution in [0.4, 0.5) is 5.69 Å². The van der Waals surface area contributed by atoms with Gasteiger partial charge in [0.05, 0.1) is 11.4 Å². The summed E-state index contributed by atoms with van der Waals surface area (Å²) < 4.78 is 7.26. The first-order chi connectivity index (χ1) is 9.56. The molecule has 5 nitrogen and oxygen atoms in total. The molecule has 0 aliphatic heterocycles. The van der Waals surface area contributed by atoms with Crippen LogP contribution in [-0.4, -0.2) is 21.9 Å². The third-order valence-corrected chi connectivity index (χ3v) is 4.31. The van der Waals surface area contributed by atoms with Gasteiger partial charge >= 0.3 is 5.97 Å². The third-order valence-electron chi connectivity index (χ3n) is 4.31. The molecule has 5 heteroatoms. The van der Waals surface area contributed by atoms with Crippen LogP contribution in [0.3, 0.4) is 0 Å². The maximum atomic E-state index is 12.3. The average Bonchev–Trinajstić information content (AvgIpc) is 2.75. The number of ether oxygens (including phenoxy) is 1. The number of anilines is 1. The minimum Gasteiger partial charge on any atom is -0.458 e. The van der Waals surface area contributed by atoms with E-state index in [9.17, 15) is 4.79 Å². The molecule has 0 saturated heterocycles. The molecule has 0 aromatic carbocycles. The molecule has 1 aliphatic carbocycles. The minimum atomic E-state index is -0.329. The highest BCUT2D eigenvalue weighted by atomic mass is 16.5. The Morgan fingerprint density at radius 1 is 1.35 bits per heavy atom. The van der Waals surface area contributed by atoms with E-state index in [1.807, 2.05) is 13.8 Å². The molecular weight excluding hydrogens is 254 g/mol. The molecule has 0 spiro atoms. The first-order valence-electron chi connectivity index (χ1n) is 7.60. The summed E-state index contributed by atoms with van der Waals surface area (Å²) in [5.74, 6) is 0.461. The molecule has 1 heterocycles. The maximum absolute atomic E-state index is 12.3. The number of esters is 1. The van der Waals surface area contributed by atoms with Crippen molar-refractivity contribution in [2.75, 3.05) is 5.73 Å². The van der Waals surface area contributed by atoms with Gasteiger partial charge in [-0.15, -0.1) is 0 Å². The van der Waals surface area contributed by atoms with E-state index >= 15 is 0 Å². The number of hydrogen-bond donors (Lipinski definition) is 1. The van der Waals surface area contributed by atoms with E-state index in [1.165, 1.54) is 6.42 Å². The Kier molecular flexibility index (Phi) is 4.68. The van der Waals surface area contributed by atoms with E-state index in [4.69, 9.17) is 10.5 Å². The van der Waals surface area contributed by atoms with Crippen LogP contribution in [0, 0.1) is 12.8 Å².